The predicted molar refractivity (Wildman–Crippen MR) is 56.4 cm³/mol. The third-order valence-corrected chi connectivity index (χ3v) is 2.23. The highest BCUT2D eigenvalue weighted by molar-refractivity contribution is 9.10. The molecule has 0 fully saturated rings. The molecule has 0 saturated carbocycles. The lowest BCUT2D eigenvalue weighted by molar-refractivity contribution is -0.117. The van der Waals surface area contributed by atoms with E-state index in [1.807, 2.05) is 0 Å². The van der Waals surface area contributed by atoms with Gasteiger partial charge in [0.05, 0.1) is 4.47 Å². The predicted octanol–water partition coefficient (Wildman–Crippen LogP) is 1.88. The number of nitrogens with one attached hydrogen (secondary N) is 1. The van der Waals surface area contributed by atoms with Gasteiger partial charge in [-0.15, -0.1) is 0 Å². The largest absolute Gasteiger partial charge is 0.384 e. The van der Waals surface area contributed by atoms with E-state index in [0.717, 1.165) is 5.69 Å². The Kier molecular flexibility index (Phi) is 3.88. The van der Waals surface area contributed by atoms with Gasteiger partial charge in [-0.3, -0.25) is 4.79 Å². The maximum Gasteiger partial charge on any atom is 0.219 e. The SMILES string of the molecule is NC(=O)CCNc1ccc(F)c(Br)c1. The Balaban J connectivity index is 2.51. The zero-order valence-electron chi connectivity index (χ0n) is 7.39. The standard InChI is InChI=1S/C9H10BrFN2O/c10-7-5-6(1-2-8(7)11)13-4-3-9(12)14/h1-2,5,13H,3-4H2,(H2,12,14). The van der Waals surface area contributed by atoms with Crippen molar-refractivity contribution in [2.45, 2.75) is 6.42 Å². The Bertz CT molecular complexity index is 344. The maximum absolute atomic E-state index is 12.8. The number of primary amides is 1. The lowest BCUT2D eigenvalue weighted by Gasteiger charge is -2.05. The number of carbonyl (C=O) groups excluding carboxylic acids is 1. The number of hydrogen-bond donors (Lipinski definition) is 2. The molecule has 3 nitrogen and oxygen atoms in total. The third kappa shape index (κ3) is 3.33. The van der Waals surface area contributed by atoms with Crippen LogP contribution in [0.25, 0.3) is 0 Å². The van der Waals surface area contributed by atoms with E-state index in [0.29, 0.717) is 11.0 Å². The van der Waals surface area contributed by atoms with E-state index in [4.69, 9.17) is 5.73 Å². The number of rotatable bonds is 4. The molecular weight excluding hydrogens is 251 g/mol. The van der Waals surface area contributed by atoms with Gasteiger partial charge < -0.3 is 11.1 Å². The molecule has 1 aromatic rings. The van der Waals surface area contributed by atoms with E-state index in [9.17, 15) is 9.18 Å². The van der Waals surface area contributed by atoms with Gasteiger partial charge in [-0.05, 0) is 34.1 Å². The van der Waals surface area contributed by atoms with Crippen molar-refractivity contribution >= 4 is 27.5 Å². The highest BCUT2D eigenvalue weighted by atomic mass is 79.9. The van der Waals surface area contributed by atoms with Gasteiger partial charge in [0.15, 0.2) is 0 Å². The van der Waals surface area contributed by atoms with Crippen molar-refractivity contribution in [3.63, 3.8) is 0 Å². The van der Waals surface area contributed by atoms with Crippen molar-refractivity contribution in [1.29, 1.82) is 0 Å². The fourth-order valence-corrected chi connectivity index (χ4v) is 1.31. The summed E-state index contributed by atoms with van der Waals surface area (Å²) in [5.74, 6) is -0.677. The molecule has 0 spiro atoms. The average Bonchev–Trinajstić information content (AvgIpc) is 2.10. The molecule has 0 radical (unpaired) electrons. The Morgan fingerprint density at radius 1 is 1.57 bits per heavy atom. The second-order valence-electron chi connectivity index (χ2n) is 2.77. The number of benzene rings is 1. The summed E-state index contributed by atoms with van der Waals surface area (Å²) in [4.78, 5) is 10.4. The van der Waals surface area contributed by atoms with E-state index in [-0.39, 0.29) is 18.1 Å². The zero-order valence-corrected chi connectivity index (χ0v) is 8.97. The molecule has 5 heteroatoms. The Labute approximate surface area is 89.6 Å². The molecule has 14 heavy (non-hydrogen) atoms. The van der Waals surface area contributed by atoms with Gasteiger partial charge in [0, 0.05) is 18.7 Å². The molecule has 3 N–H and O–H groups in total. The molecule has 1 aromatic carbocycles. The lowest BCUT2D eigenvalue weighted by atomic mass is 10.3. The number of carbonyl (C=O) groups is 1. The van der Waals surface area contributed by atoms with Crippen LogP contribution < -0.4 is 11.1 Å². The summed E-state index contributed by atoms with van der Waals surface area (Å²) in [6, 6.07) is 4.55. The fourth-order valence-electron chi connectivity index (χ4n) is 0.936. The van der Waals surface area contributed by atoms with Gasteiger partial charge in [-0.25, -0.2) is 4.39 Å². The fraction of sp³-hybridized carbons (Fsp3) is 0.222. The maximum atomic E-state index is 12.8. The van der Waals surface area contributed by atoms with Crippen LogP contribution in [0, 0.1) is 5.82 Å². The van der Waals surface area contributed by atoms with Crippen molar-refractivity contribution < 1.29 is 9.18 Å². The quantitative estimate of drug-likeness (QED) is 0.869. The number of nitrogens with two attached hydrogens (primary N) is 1. The molecule has 1 rings (SSSR count). The van der Waals surface area contributed by atoms with Crippen LogP contribution in [0.1, 0.15) is 6.42 Å². The Morgan fingerprint density at radius 2 is 2.29 bits per heavy atom. The molecule has 0 atom stereocenters. The van der Waals surface area contributed by atoms with Crippen LogP contribution in [0.3, 0.4) is 0 Å². The topological polar surface area (TPSA) is 55.1 Å². The first-order valence-corrected chi connectivity index (χ1v) is 4.86. The second kappa shape index (κ2) is 4.95. The van der Waals surface area contributed by atoms with E-state index in [2.05, 4.69) is 21.2 Å². The van der Waals surface area contributed by atoms with Gasteiger partial charge in [0.25, 0.3) is 0 Å². The van der Waals surface area contributed by atoms with E-state index in [1.54, 1.807) is 12.1 Å². The van der Waals surface area contributed by atoms with Gasteiger partial charge >= 0.3 is 0 Å². The van der Waals surface area contributed by atoms with Crippen LogP contribution in [0.2, 0.25) is 0 Å². The van der Waals surface area contributed by atoms with Crippen molar-refractivity contribution in [2.24, 2.45) is 5.73 Å². The molecule has 0 saturated heterocycles. The van der Waals surface area contributed by atoms with E-state index < -0.39 is 0 Å². The van der Waals surface area contributed by atoms with Crippen LogP contribution >= 0.6 is 15.9 Å². The monoisotopic (exact) mass is 260 g/mol. The van der Waals surface area contributed by atoms with Crippen molar-refractivity contribution in [1.82, 2.24) is 0 Å². The minimum absolute atomic E-state index is 0.259. The van der Waals surface area contributed by atoms with Crippen LogP contribution in [0.4, 0.5) is 10.1 Å². The normalized spacial score (nSPS) is 9.86. The Hall–Kier alpha value is -1.10. The van der Waals surface area contributed by atoms with Gasteiger partial charge in [-0.1, -0.05) is 0 Å². The summed E-state index contributed by atoms with van der Waals surface area (Å²) < 4.78 is 13.2. The molecule has 1 amide bonds. The van der Waals surface area contributed by atoms with Gasteiger partial charge in [0.2, 0.25) is 5.91 Å². The first kappa shape index (κ1) is 11.0. The number of amides is 1. The summed E-state index contributed by atoms with van der Waals surface area (Å²) in [6.45, 7) is 0.452. The van der Waals surface area contributed by atoms with Crippen molar-refractivity contribution in [3.8, 4) is 0 Å². The van der Waals surface area contributed by atoms with Crippen LogP contribution in [-0.2, 0) is 4.79 Å². The molecule has 0 aliphatic rings. The minimum Gasteiger partial charge on any atom is -0.384 e. The number of hydrogen-bond acceptors (Lipinski definition) is 2. The van der Waals surface area contributed by atoms with Crippen LogP contribution in [0.5, 0.6) is 0 Å². The Morgan fingerprint density at radius 3 is 2.86 bits per heavy atom. The third-order valence-electron chi connectivity index (χ3n) is 1.62. The molecule has 0 aliphatic carbocycles. The summed E-state index contributed by atoms with van der Waals surface area (Å²) in [7, 11) is 0. The van der Waals surface area contributed by atoms with Crippen molar-refractivity contribution in [3.05, 3.63) is 28.5 Å². The molecule has 76 valence electrons. The average molecular weight is 261 g/mol. The lowest BCUT2D eigenvalue weighted by Crippen LogP contribution is -2.15. The summed E-state index contributed by atoms with van der Waals surface area (Å²) in [5, 5.41) is 2.95. The first-order valence-electron chi connectivity index (χ1n) is 4.07. The van der Waals surface area contributed by atoms with Gasteiger partial charge in [0.1, 0.15) is 5.82 Å². The van der Waals surface area contributed by atoms with Crippen LogP contribution in [-0.4, -0.2) is 12.5 Å². The van der Waals surface area contributed by atoms with Gasteiger partial charge in [-0.2, -0.15) is 0 Å². The van der Waals surface area contributed by atoms with Crippen LogP contribution in [0.15, 0.2) is 22.7 Å². The molecular formula is C9H10BrFN2O. The molecule has 0 unspecified atom stereocenters. The van der Waals surface area contributed by atoms with Crippen molar-refractivity contribution in [2.75, 3.05) is 11.9 Å². The summed E-state index contributed by atoms with van der Waals surface area (Å²) in [6.07, 6.45) is 0.259. The number of anilines is 1. The molecule has 0 bridgehead atoms. The zero-order chi connectivity index (χ0) is 10.6. The second-order valence-corrected chi connectivity index (χ2v) is 3.63. The molecule has 0 aromatic heterocycles. The van der Waals surface area contributed by atoms with E-state index in [1.165, 1.54) is 6.07 Å². The smallest absolute Gasteiger partial charge is 0.219 e. The summed E-state index contributed by atoms with van der Waals surface area (Å²) in [5.41, 5.74) is 5.71. The first-order chi connectivity index (χ1) is 6.59. The summed E-state index contributed by atoms with van der Waals surface area (Å²) >= 11 is 3.06. The highest BCUT2D eigenvalue weighted by Crippen LogP contribution is 2.19. The number of halogens is 2. The minimum atomic E-state index is -0.362. The molecule has 0 aliphatic heterocycles. The molecule has 0 heterocycles. The highest BCUT2D eigenvalue weighted by Gasteiger charge is 2.00. The van der Waals surface area contributed by atoms with E-state index >= 15 is 0 Å².